The van der Waals surface area contributed by atoms with E-state index in [1.54, 1.807) is 7.11 Å². The Hall–Kier alpha value is -1.11. The number of hydrogen-bond donors (Lipinski definition) is 3. The molecular weight excluding hydrogens is 519 g/mol. The molecule has 10 heteroatoms. The van der Waals surface area contributed by atoms with Crippen molar-refractivity contribution in [3.63, 3.8) is 0 Å². The summed E-state index contributed by atoms with van der Waals surface area (Å²) in [5, 5.41) is 6.38. The highest BCUT2D eigenvalue weighted by molar-refractivity contribution is 14.0. The second-order valence-electron chi connectivity index (χ2n) is 6.91. The van der Waals surface area contributed by atoms with Crippen LogP contribution in [0.15, 0.2) is 29.3 Å². The molecule has 1 heterocycles. The summed E-state index contributed by atoms with van der Waals surface area (Å²) in [7, 11) is -1.71. The first-order valence-corrected chi connectivity index (χ1v) is 11.9. The summed E-state index contributed by atoms with van der Waals surface area (Å²) >= 11 is 0. The molecule has 0 saturated carbocycles. The van der Waals surface area contributed by atoms with Crippen LogP contribution in [-0.4, -0.2) is 66.1 Å². The maximum Gasteiger partial charge on any atom is 0.213 e. The summed E-state index contributed by atoms with van der Waals surface area (Å²) in [6.07, 6.45) is 3.80. The van der Waals surface area contributed by atoms with Gasteiger partial charge in [0.2, 0.25) is 10.0 Å². The smallest absolute Gasteiger partial charge is 0.213 e. The van der Waals surface area contributed by atoms with E-state index in [0.717, 1.165) is 37.0 Å². The molecule has 1 aliphatic heterocycles. The van der Waals surface area contributed by atoms with Crippen LogP contribution in [0.2, 0.25) is 0 Å². The molecule has 2 rings (SSSR count). The van der Waals surface area contributed by atoms with Crippen LogP contribution in [-0.2, 0) is 21.2 Å². The van der Waals surface area contributed by atoms with E-state index in [2.05, 4.69) is 20.3 Å². The Morgan fingerprint density at radius 3 is 2.77 bits per heavy atom. The molecule has 3 N–H and O–H groups in total. The molecule has 1 aromatic carbocycles. The third-order valence-corrected chi connectivity index (χ3v) is 5.98. The minimum absolute atomic E-state index is 0. The van der Waals surface area contributed by atoms with Crippen molar-refractivity contribution in [3.8, 4) is 5.75 Å². The lowest BCUT2D eigenvalue weighted by molar-refractivity contribution is 0.0200. The van der Waals surface area contributed by atoms with Crippen molar-refractivity contribution in [1.29, 1.82) is 0 Å². The molecule has 0 amide bonds. The van der Waals surface area contributed by atoms with Gasteiger partial charge in [-0.05, 0) is 44.2 Å². The van der Waals surface area contributed by atoms with Crippen LogP contribution >= 0.6 is 24.0 Å². The Kier molecular flexibility index (Phi) is 13.3. The number of nitrogens with zero attached hydrogens (tertiary/aromatic N) is 1. The van der Waals surface area contributed by atoms with E-state index < -0.39 is 10.0 Å². The lowest BCUT2D eigenvalue weighted by atomic mass is 10.1. The number of hydrogen-bond acceptors (Lipinski definition) is 5. The number of methoxy groups -OCH3 is 1. The number of benzene rings is 1. The first-order valence-electron chi connectivity index (χ1n) is 10.3. The second-order valence-corrected chi connectivity index (χ2v) is 8.83. The van der Waals surface area contributed by atoms with E-state index in [0.29, 0.717) is 32.2 Å². The molecule has 1 aliphatic rings. The molecule has 0 radical (unpaired) electrons. The summed E-state index contributed by atoms with van der Waals surface area (Å²) in [5.41, 5.74) is 1.11. The molecule has 0 aliphatic carbocycles. The van der Waals surface area contributed by atoms with Gasteiger partial charge in [-0.3, -0.25) is 4.99 Å². The molecule has 0 spiro atoms. The molecule has 30 heavy (non-hydrogen) atoms. The Labute approximate surface area is 197 Å². The van der Waals surface area contributed by atoms with Crippen molar-refractivity contribution in [2.24, 2.45) is 4.99 Å². The maximum atomic E-state index is 12.2. The van der Waals surface area contributed by atoms with E-state index in [1.165, 1.54) is 0 Å². The molecule has 1 unspecified atom stereocenters. The van der Waals surface area contributed by atoms with Gasteiger partial charge in [0.05, 0.1) is 25.5 Å². The molecule has 0 aromatic heterocycles. The zero-order chi connectivity index (χ0) is 21.0. The Morgan fingerprint density at radius 1 is 1.27 bits per heavy atom. The zero-order valence-electron chi connectivity index (χ0n) is 17.9. The molecule has 1 aromatic rings. The quantitative estimate of drug-likeness (QED) is 0.220. The lowest BCUT2D eigenvalue weighted by Crippen LogP contribution is -2.39. The van der Waals surface area contributed by atoms with E-state index in [-0.39, 0.29) is 42.4 Å². The minimum atomic E-state index is -3.37. The maximum absolute atomic E-state index is 12.2. The summed E-state index contributed by atoms with van der Waals surface area (Å²) in [6.45, 7) is 4.57. The third kappa shape index (κ3) is 10.3. The zero-order valence-corrected chi connectivity index (χ0v) is 21.0. The van der Waals surface area contributed by atoms with Crippen molar-refractivity contribution in [1.82, 2.24) is 15.4 Å². The second kappa shape index (κ2) is 14.8. The van der Waals surface area contributed by atoms with E-state index in [9.17, 15) is 8.42 Å². The van der Waals surface area contributed by atoms with Crippen LogP contribution in [0, 0.1) is 0 Å². The molecule has 8 nitrogen and oxygen atoms in total. The van der Waals surface area contributed by atoms with Crippen LogP contribution in [0.5, 0.6) is 5.75 Å². The van der Waals surface area contributed by atoms with Crippen LogP contribution in [0.1, 0.15) is 31.7 Å². The summed E-state index contributed by atoms with van der Waals surface area (Å²) in [4.78, 5) is 4.38. The number of sulfonamides is 1. The molecule has 1 atom stereocenters. The minimum Gasteiger partial charge on any atom is -0.496 e. The van der Waals surface area contributed by atoms with Gasteiger partial charge in [0.15, 0.2) is 5.96 Å². The summed E-state index contributed by atoms with van der Waals surface area (Å²) < 4.78 is 37.9. The van der Waals surface area contributed by atoms with Crippen molar-refractivity contribution in [2.75, 3.05) is 45.6 Å². The number of guanidine groups is 1. The van der Waals surface area contributed by atoms with Crippen molar-refractivity contribution in [3.05, 3.63) is 29.8 Å². The predicted molar refractivity (Wildman–Crippen MR) is 131 cm³/mol. The average molecular weight is 554 g/mol. The van der Waals surface area contributed by atoms with Crippen molar-refractivity contribution < 1.29 is 17.9 Å². The Bertz CT molecular complexity index is 740. The molecular formula is C20H35IN4O4S. The van der Waals surface area contributed by atoms with Crippen LogP contribution in [0.3, 0.4) is 0 Å². The number of rotatable bonds is 11. The number of para-hydroxylation sites is 1. The lowest BCUT2D eigenvalue weighted by Gasteiger charge is -2.22. The SMILES string of the molecule is CCNC(=NCCS(=O)(=O)NCC1CCCCO1)NCCc1ccccc1OC.I. The van der Waals surface area contributed by atoms with Crippen LogP contribution in [0.4, 0.5) is 0 Å². The van der Waals surface area contributed by atoms with Gasteiger partial charge in [-0.1, -0.05) is 18.2 Å². The average Bonchev–Trinajstić information content (AvgIpc) is 2.73. The fourth-order valence-corrected chi connectivity index (χ4v) is 4.02. The Morgan fingerprint density at radius 2 is 2.07 bits per heavy atom. The summed E-state index contributed by atoms with van der Waals surface area (Å²) in [6, 6.07) is 7.88. The standard InChI is InChI=1S/C20H34N4O4S.HI/c1-3-21-20(22-12-11-17-8-4-5-10-19(17)27-2)23-13-15-29(25,26)24-16-18-9-6-7-14-28-18;/h4-5,8,10,18,24H,3,6-7,9,11-16H2,1-2H3,(H2,21,22,23);1H. The van der Waals surface area contributed by atoms with Gasteiger partial charge in [0, 0.05) is 26.2 Å². The van der Waals surface area contributed by atoms with Gasteiger partial charge < -0.3 is 20.1 Å². The van der Waals surface area contributed by atoms with Gasteiger partial charge >= 0.3 is 0 Å². The Balaban J connectivity index is 0.00000450. The van der Waals surface area contributed by atoms with Gasteiger partial charge in [-0.15, -0.1) is 24.0 Å². The summed E-state index contributed by atoms with van der Waals surface area (Å²) in [5.74, 6) is 1.41. The monoisotopic (exact) mass is 554 g/mol. The number of ether oxygens (including phenoxy) is 2. The number of nitrogens with one attached hydrogen (secondary N) is 3. The number of halogens is 1. The van der Waals surface area contributed by atoms with Gasteiger partial charge in [-0.2, -0.15) is 0 Å². The van der Waals surface area contributed by atoms with E-state index in [4.69, 9.17) is 9.47 Å². The first kappa shape index (κ1) is 26.9. The first-order chi connectivity index (χ1) is 14.0. The predicted octanol–water partition coefficient (Wildman–Crippen LogP) is 1.90. The van der Waals surface area contributed by atoms with Crippen molar-refractivity contribution >= 4 is 40.0 Å². The van der Waals surface area contributed by atoms with Gasteiger partial charge in [0.25, 0.3) is 0 Å². The highest BCUT2D eigenvalue weighted by Crippen LogP contribution is 2.17. The van der Waals surface area contributed by atoms with Crippen LogP contribution < -0.4 is 20.1 Å². The van der Waals surface area contributed by atoms with Crippen molar-refractivity contribution in [2.45, 2.75) is 38.7 Å². The molecule has 172 valence electrons. The molecule has 1 saturated heterocycles. The molecule has 0 bridgehead atoms. The fourth-order valence-electron chi connectivity index (χ4n) is 3.10. The van der Waals surface area contributed by atoms with E-state index in [1.807, 2.05) is 31.2 Å². The van der Waals surface area contributed by atoms with Crippen LogP contribution in [0.25, 0.3) is 0 Å². The van der Waals surface area contributed by atoms with Gasteiger partial charge in [0.1, 0.15) is 5.75 Å². The van der Waals surface area contributed by atoms with Gasteiger partial charge in [-0.25, -0.2) is 13.1 Å². The van der Waals surface area contributed by atoms with E-state index >= 15 is 0 Å². The normalized spacial score (nSPS) is 17.1. The highest BCUT2D eigenvalue weighted by Gasteiger charge is 2.17. The number of aliphatic imine (C=N–C) groups is 1. The fraction of sp³-hybridized carbons (Fsp3) is 0.650. The highest BCUT2D eigenvalue weighted by atomic mass is 127. The largest absolute Gasteiger partial charge is 0.496 e. The topological polar surface area (TPSA) is 101 Å². The molecule has 1 fully saturated rings. The third-order valence-electron chi connectivity index (χ3n) is 4.66.